The number of carbonyl (C=O) groups is 2. The Bertz CT molecular complexity index is 596. The Balaban J connectivity index is 1.85. The largest absolute Gasteiger partial charge is 0.484 e. The smallest absolute Gasteiger partial charge is 0.260 e. The molecule has 6 nitrogen and oxygen atoms in total. The van der Waals surface area contributed by atoms with Crippen molar-refractivity contribution in [1.29, 1.82) is 0 Å². The van der Waals surface area contributed by atoms with Crippen LogP contribution in [0.4, 0.5) is 5.69 Å². The van der Waals surface area contributed by atoms with Crippen LogP contribution in [0.15, 0.2) is 24.3 Å². The number of piperidine rings is 1. The first-order valence-corrected chi connectivity index (χ1v) is 9.44. The highest BCUT2D eigenvalue weighted by Crippen LogP contribution is 2.21. The van der Waals surface area contributed by atoms with Gasteiger partial charge in [0.15, 0.2) is 6.61 Å². The fourth-order valence-electron chi connectivity index (χ4n) is 2.92. The van der Waals surface area contributed by atoms with Gasteiger partial charge in [0.05, 0.1) is 0 Å². The van der Waals surface area contributed by atoms with E-state index in [4.69, 9.17) is 9.47 Å². The maximum Gasteiger partial charge on any atom is 0.260 e. The molecule has 2 rings (SSSR count). The molecule has 144 valence electrons. The van der Waals surface area contributed by atoms with Crippen molar-refractivity contribution in [3.05, 3.63) is 24.3 Å². The van der Waals surface area contributed by atoms with E-state index in [2.05, 4.69) is 5.32 Å². The molecule has 1 saturated heterocycles. The normalized spacial score (nSPS) is 16.7. The van der Waals surface area contributed by atoms with Crippen molar-refractivity contribution in [2.45, 2.75) is 52.1 Å². The first kappa shape index (κ1) is 20.2. The molecule has 1 N–H and O–H groups in total. The maximum atomic E-state index is 12.4. The molecule has 2 amide bonds. The molecule has 1 heterocycles. The summed E-state index contributed by atoms with van der Waals surface area (Å²) in [6, 6.07) is 7.04. The van der Waals surface area contributed by atoms with E-state index in [1.165, 1.54) is 6.42 Å². The molecule has 0 aliphatic carbocycles. The van der Waals surface area contributed by atoms with Crippen molar-refractivity contribution in [3.8, 4) is 5.75 Å². The first-order valence-electron chi connectivity index (χ1n) is 9.44. The number of nitrogens with one attached hydrogen (secondary N) is 1. The molecule has 1 fully saturated rings. The van der Waals surface area contributed by atoms with E-state index in [1.807, 2.05) is 18.7 Å². The first-order chi connectivity index (χ1) is 12.5. The van der Waals surface area contributed by atoms with Crippen LogP contribution in [0, 0.1) is 0 Å². The minimum absolute atomic E-state index is 0.0255. The van der Waals surface area contributed by atoms with Crippen molar-refractivity contribution >= 4 is 17.5 Å². The zero-order valence-corrected chi connectivity index (χ0v) is 16.0. The molecular formula is C20H30N2O4. The SMILES string of the molecule is CCOC(C)(CC)C(=O)Nc1ccc(OCC(=O)N2CCCCC2)cc1. The number of carbonyl (C=O) groups excluding carboxylic acids is 2. The van der Waals surface area contributed by atoms with Crippen LogP contribution < -0.4 is 10.1 Å². The van der Waals surface area contributed by atoms with Crippen molar-refractivity contribution in [3.63, 3.8) is 0 Å². The molecule has 0 spiro atoms. The lowest BCUT2D eigenvalue weighted by atomic mass is 10.0. The van der Waals surface area contributed by atoms with Crippen LogP contribution in [-0.4, -0.2) is 48.6 Å². The summed E-state index contributed by atoms with van der Waals surface area (Å²) in [5.41, 5.74) is -0.172. The summed E-state index contributed by atoms with van der Waals surface area (Å²) in [4.78, 5) is 26.4. The molecular weight excluding hydrogens is 332 g/mol. The summed E-state index contributed by atoms with van der Waals surface area (Å²) in [5, 5.41) is 2.87. The molecule has 1 aliphatic rings. The minimum Gasteiger partial charge on any atom is -0.484 e. The Labute approximate surface area is 155 Å². The number of ether oxygens (including phenoxy) is 2. The highest BCUT2D eigenvalue weighted by Gasteiger charge is 2.31. The van der Waals surface area contributed by atoms with Crippen molar-refractivity contribution in [1.82, 2.24) is 4.90 Å². The number of amides is 2. The second-order valence-corrected chi connectivity index (χ2v) is 6.73. The van der Waals surface area contributed by atoms with Gasteiger partial charge in [-0.3, -0.25) is 9.59 Å². The van der Waals surface area contributed by atoms with Gasteiger partial charge in [-0.05, 0) is 63.8 Å². The topological polar surface area (TPSA) is 67.9 Å². The molecule has 6 heteroatoms. The number of hydrogen-bond acceptors (Lipinski definition) is 4. The third kappa shape index (κ3) is 5.46. The molecule has 1 unspecified atom stereocenters. The molecule has 0 aromatic heterocycles. The lowest BCUT2D eigenvalue weighted by Crippen LogP contribution is -2.42. The number of rotatable bonds is 8. The predicted molar refractivity (Wildman–Crippen MR) is 101 cm³/mol. The van der Waals surface area contributed by atoms with Gasteiger partial charge in [-0.2, -0.15) is 0 Å². The third-order valence-corrected chi connectivity index (χ3v) is 4.80. The Morgan fingerprint density at radius 2 is 1.77 bits per heavy atom. The number of benzene rings is 1. The summed E-state index contributed by atoms with van der Waals surface area (Å²) in [6.07, 6.45) is 3.92. The van der Waals surface area contributed by atoms with Gasteiger partial charge in [-0.15, -0.1) is 0 Å². The molecule has 1 aliphatic heterocycles. The van der Waals surface area contributed by atoms with Crippen molar-refractivity contribution < 1.29 is 19.1 Å². The Morgan fingerprint density at radius 3 is 2.35 bits per heavy atom. The van der Waals surface area contributed by atoms with E-state index in [0.29, 0.717) is 24.5 Å². The second-order valence-electron chi connectivity index (χ2n) is 6.73. The van der Waals surface area contributed by atoms with Gasteiger partial charge in [-0.1, -0.05) is 6.92 Å². The summed E-state index contributed by atoms with van der Waals surface area (Å²) in [7, 11) is 0. The van der Waals surface area contributed by atoms with E-state index < -0.39 is 5.60 Å². The number of hydrogen-bond donors (Lipinski definition) is 1. The number of likely N-dealkylation sites (tertiary alicyclic amines) is 1. The van der Waals surface area contributed by atoms with Crippen LogP contribution >= 0.6 is 0 Å². The average molecular weight is 362 g/mol. The van der Waals surface area contributed by atoms with Crippen LogP contribution in [0.2, 0.25) is 0 Å². The van der Waals surface area contributed by atoms with E-state index >= 15 is 0 Å². The Morgan fingerprint density at radius 1 is 1.12 bits per heavy atom. The Hall–Kier alpha value is -2.08. The van der Waals surface area contributed by atoms with Crippen LogP contribution in [0.5, 0.6) is 5.75 Å². The zero-order chi connectivity index (χ0) is 19.0. The van der Waals surface area contributed by atoms with Crippen LogP contribution in [0.1, 0.15) is 46.5 Å². The van der Waals surface area contributed by atoms with E-state index in [0.717, 1.165) is 25.9 Å². The van der Waals surface area contributed by atoms with Gasteiger partial charge in [0.1, 0.15) is 11.4 Å². The summed E-state index contributed by atoms with van der Waals surface area (Å²) in [5.74, 6) is 0.463. The van der Waals surface area contributed by atoms with Gasteiger partial charge < -0.3 is 19.7 Å². The lowest BCUT2D eigenvalue weighted by molar-refractivity contribution is -0.139. The summed E-state index contributed by atoms with van der Waals surface area (Å²) in [6.45, 7) is 7.76. The van der Waals surface area contributed by atoms with E-state index in [1.54, 1.807) is 31.2 Å². The quantitative estimate of drug-likeness (QED) is 0.771. The standard InChI is InChI=1S/C20H30N2O4/c1-4-20(3,26-5-2)19(24)21-16-9-11-17(12-10-16)25-15-18(23)22-13-7-6-8-14-22/h9-12H,4-8,13-15H2,1-3H3,(H,21,24). The molecule has 1 atom stereocenters. The third-order valence-electron chi connectivity index (χ3n) is 4.80. The number of anilines is 1. The number of nitrogens with zero attached hydrogens (tertiary/aromatic N) is 1. The predicted octanol–water partition coefficient (Wildman–Crippen LogP) is 3.22. The summed E-state index contributed by atoms with van der Waals surface area (Å²) >= 11 is 0. The lowest BCUT2D eigenvalue weighted by Gasteiger charge is -2.27. The van der Waals surface area contributed by atoms with Gasteiger partial charge in [0.2, 0.25) is 0 Å². The fraction of sp³-hybridized carbons (Fsp3) is 0.600. The average Bonchev–Trinajstić information content (AvgIpc) is 2.68. The van der Waals surface area contributed by atoms with E-state index in [9.17, 15) is 9.59 Å². The van der Waals surface area contributed by atoms with Gasteiger partial charge >= 0.3 is 0 Å². The van der Waals surface area contributed by atoms with Crippen LogP contribution in [-0.2, 0) is 14.3 Å². The maximum absolute atomic E-state index is 12.4. The zero-order valence-electron chi connectivity index (χ0n) is 16.0. The summed E-state index contributed by atoms with van der Waals surface area (Å²) < 4.78 is 11.2. The molecule has 0 bridgehead atoms. The van der Waals surface area contributed by atoms with E-state index in [-0.39, 0.29) is 18.4 Å². The molecule has 1 aromatic rings. The molecule has 1 aromatic carbocycles. The highest BCUT2D eigenvalue weighted by molar-refractivity contribution is 5.97. The fourth-order valence-corrected chi connectivity index (χ4v) is 2.92. The van der Waals surface area contributed by atoms with Gasteiger partial charge in [0, 0.05) is 25.4 Å². The van der Waals surface area contributed by atoms with Crippen molar-refractivity contribution in [2.24, 2.45) is 0 Å². The highest BCUT2D eigenvalue weighted by atomic mass is 16.5. The van der Waals surface area contributed by atoms with Crippen LogP contribution in [0.25, 0.3) is 0 Å². The van der Waals surface area contributed by atoms with Gasteiger partial charge in [0.25, 0.3) is 11.8 Å². The van der Waals surface area contributed by atoms with Crippen LogP contribution in [0.3, 0.4) is 0 Å². The minimum atomic E-state index is -0.842. The van der Waals surface area contributed by atoms with Gasteiger partial charge in [-0.25, -0.2) is 0 Å². The van der Waals surface area contributed by atoms with Crippen molar-refractivity contribution in [2.75, 3.05) is 31.6 Å². The molecule has 0 saturated carbocycles. The molecule has 0 radical (unpaired) electrons. The second kappa shape index (κ2) is 9.57. The Kier molecular flexibility index (Phi) is 7.45. The monoisotopic (exact) mass is 362 g/mol. The molecule has 26 heavy (non-hydrogen) atoms.